The Morgan fingerprint density at radius 2 is 2.46 bits per heavy atom. The van der Waals surface area contributed by atoms with Crippen molar-refractivity contribution in [2.24, 2.45) is 5.73 Å². The van der Waals surface area contributed by atoms with Crippen LogP contribution in [-0.2, 0) is 11.2 Å². The Morgan fingerprint density at radius 3 is 3.15 bits per heavy atom. The standard InChI is InChI=1S/C9H13NOS.ClH/c1-6(10)9-7-3-5-12-8(7)2-4-11-9;/h3,5-6,9H,2,4,10H2,1H3;1H. The highest BCUT2D eigenvalue weighted by Crippen LogP contribution is 2.32. The van der Waals surface area contributed by atoms with E-state index in [-0.39, 0.29) is 24.6 Å². The highest BCUT2D eigenvalue weighted by Gasteiger charge is 2.24. The Morgan fingerprint density at radius 1 is 1.69 bits per heavy atom. The molecule has 0 spiro atoms. The van der Waals surface area contributed by atoms with Crippen LogP contribution in [0.5, 0.6) is 0 Å². The number of fused-ring (bicyclic) bond motifs is 1. The molecular weight excluding hydrogens is 206 g/mol. The molecule has 0 amide bonds. The number of hydrogen-bond donors (Lipinski definition) is 1. The maximum absolute atomic E-state index is 5.82. The molecule has 2 atom stereocenters. The lowest BCUT2D eigenvalue weighted by Crippen LogP contribution is -2.30. The van der Waals surface area contributed by atoms with Gasteiger partial charge in [-0.25, -0.2) is 0 Å². The zero-order valence-corrected chi connectivity index (χ0v) is 9.16. The molecule has 2 nitrogen and oxygen atoms in total. The van der Waals surface area contributed by atoms with Gasteiger partial charge in [-0.2, -0.15) is 0 Å². The van der Waals surface area contributed by atoms with E-state index in [0.717, 1.165) is 13.0 Å². The molecule has 0 aromatic carbocycles. The van der Waals surface area contributed by atoms with Crippen LogP contribution in [0.15, 0.2) is 11.4 Å². The molecule has 2 heterocycles. The number of rotatable bonds is 1. The minimum atomic E-state index is 0. The van der Waals surface area contributed by atoms with Crippen LogP contribution in [-0.4, -0.2) is 12.6 Å². The molecule has 0 bridgehead atoms. The van der Waals surface area contributed by atoms with E-state index >= 15 is 0 Å². The second kappa shape index (κ2) is 4.42. The third-order valence-corrected chi connectivity index (χ3v) is 3.19. The lowest BCUT2D eigenvalue weighted by molar-refractivity contribution is 0.0297. The van der Waals surface area contributed by atoms with Gasteiger partial charge in [0, 0.05) is 17.3 Å². The molecule has 0 radical (unpaired) electrons. The van der Waals surface area contributed by atoms with Gasteiger partial charge in [-0.05, 0) is 23.9 Å². The normalized spacial score (nSPS) is 23.1. The highest BCUT2D eigenvalue weighted by molar-refractivity contribution is 7.10. The molecule has 1 aromatic rings. The molecule has 1 aromatic heterocycles. The summed E-state index contributed by atoms with van der Waals surface area (Å²) in [6.07, 6.45) is 1.18. The predicted molar refractivity (Wildman–Crippen MR) is 57.6 cm³/mol. The fourth-order valence-corrected chi connectivity index (χ4v) is 2.51. The van der Waals surface area contributed by atoms with Crippen molar-refractivity contribution in [1.82, 2.24) is 0 Å². The van der Waals surface area contributed by atoms with Crippen LogP contribution in [0.2, 0.25) is 0 Å². The third-order valence-electron chi connectivity index (χ3n) is 2.19. The second-order valence-corrected chi connectivity index (χ2v) is 4.20. The molecule has 13 heavy (non-hydrogen) atoms. The first-order chi connectivity index (χ1) is 5.79. The zero-order valence-electron chi connectivity index (χ0n) is 7.53. The second-order valence-electron chi connectivity index (χ2n) is 3.20. The van der Waals surface area contributed by atoms with E-state index < -0.39 is 0 Å². The zero-order chi connectivity index (χ0) is 8.55. The smallest absolute Gasteiger partial charge is 0.0983 e. The lowest BCUT2D eigenvalue weighted by atomic mass is 10.0. The minimum absolute atomic E-state index is 0. The van der Waals surface area contributed by atoms with Gasteiger partial charge in [0.15, 0.2) is 0 Å². The van der Waals surface area contributed by atoms with Crippen LogP contribution >= 0.6 is 23.7 Å². The van der Waals surface area contributed by atoms with Gasteiger partial charge in [0.1, 0.15) is 0 Å². The molecule has 0 saturated heterocycles. The summed E-state index contributed by atoms with van der Waals surface area (Å²) in [5.41, 5.74) is 7.13. The summed E-state index contributed by atoms with van der Waals surface area (Å²) in [5, 5.41) is 2.12. The molecule has 4 heteroatoms. The Balaban J connectivity index is 0.000000845. The van der Waals surface area contributed by atoms with E-state index in [0.29, 0.717) is 0 Å². The van der Waals surface area contributed by atoms with E-state index in [1.54, 1.807) is 0 Å². The van der Waals surface area contributed by atoms with Crippen molar-refractivity contribution in [3.05, 3.63) is 21.9 Å². The maximum atomic E-state index is 5.82. The van der Waals surface area contributed by atoms with Gasteiger partial charge in [-0.3, -0.25) is 0 Å². The summed E-state index contributed by atoms with van der Waals surface area (Å²) in [4.78, 5) is 1.45. The molecule has 0 fully saturated rings. The van der Waals surface area contributed by atoms with E-state index in [1.165, 1.54) is 10.4 Å². The van der Waals surface area contributed by atoms with Crippen molar-refractivity contribution in [3.8, 4) is 0 Å². The molecule has 0 saturated carbocycles. The fourth-order valence-electron chi connectivity index (χ4n) is 1.61. The van der Waals surface area contributed by atoms with Crippen molar-refractivity contribution in [3.63, 3.8) is 0 Å². The first-order valence-corrected chi connectivity index (χ1v) is 5.10. The molecule has 1 aliphatic rings. The summed E-state index contributed by atoms with van der Waals surface area (Å²) in [6, 6.07) is 2.23. The van der Waals surface area contributed by atoms with Gasteiger partial charge in [0.2, 0.25) is 0 Å². The molecule has 0 aliphatic carbocycles. The first kappa shape index (κ1) is 11.0. The molecule has 1 aliphatic heterocycles. The summed E-state index contributed by atoms with van der Waals surface area (Å²) in [7, 11) is 0. The number of ether oxygens (including phenoxy) is 1. The Labute approximate surface area is 88.5 Å². The predicted octanol–water partition coefficient (Wildman–Crippen LogP) is 2.13. The van der Waals surface area contributed by atoms with Crippen molar-refractivity contribution in [2.75, 3.05) is 6.61 Å². The number of halogens is 1. The first-order valence-electron chi connectivity index (χ1n) is 4.22. The number of nitrogens with two attached hydrogens (primary N) is 1. The minimum Gasteiger partial charge on any atom is -0.371 e. The van der Waals surface area contributed by atoms with E-state index in [4.69, 9.17) is 10.5 Å². The molecule has 74 valence electrons. The lowest BCUT2D eigenvalue weighted by Gasteiger charge is -2.26. The van der Waals surface area contributed by atoms with Crippen LogP contribution in [0.3, 0.4) is 0 Å². The fraction of sp³-hybridized carbons (Fsp3) is 0.556. The van der Waals surface area contributed by atoms with E-state index in [9.17, 15) is 0 Å². The average Bonchev–Trinajstić information content (AvgIpc) is 2.49. The quantitative estimate of drug-likeness (QED) is 0.786. The van der Waals surface area contributed by atoms with Crippen LogP contribution < -0.4 is 5.73 Å². The Bertz CT molecular complexity index is 274. The van der Waals surface area contributed by atoms with Gasteiger partial charge >= 0.3 is 0 Å². The van der Waals surface area contributed by atoms with Crippen molar-refractivity contribution in [2.45, 2.75) is 25.5 Å². The monoisotopic (exact) mass is 219 g/mol. The van der Waals surface area contributed by atoms with Crippen LogP contribution in [0, 0.1) is 0 Å². The molecular formula is C9H14ClNOS. The SMILES string of the molecule is CC(N)C1OCCc2sccc21.Cl. The van der Waals surface area contributed by atoms with Gasteiger partial charge in [-0.15, -0.1) is 23.7 Å². The number of hydrogen-bond acceptors (Lipinski definition) is 3. The third kappa shape index (κ3) is 2.05. The molecule has 2 rings (SSSR count). The summed E-state index contributed by atoms with van der Waals surface area (Å²) in [6.45, 7) is 2.82. The molecule has 2 unspecified atom stereocenters. The molecule has 2 N–H and O–H groups in total. The van der Waals surface area contributed by atoms with Gasteiger partial charge in [-0.1, -0.05) is 0 Å². The van der Waals surface area contributed by atoms with E-state index in [1.807, 2.05) is 18.3 Å². The Hall–Kier alpha value is -0.0900. The summed E-state index contributed by atoms with van der Waals surface area (Å²) < 4.78 is 5.61. The largest absolute Gasteiger partial charge is 0.371 e. The summed E-state index contributed by atoms with van der Waals surface area (Å²) in [5.74, 6) is 0. The van der Waals surface area contributed by atoms with Crippen LogP contribution in [0.4, 0.5) is 0 Å². The average molecular weight is 220 g/mol. The van der Waals surface area contributed by atoms with Crippen molar-refractivity contribution in [1.29, 1.82) is 0 Å². The van der Waals surface area contributed by atoms with Crippen LogP contribution in [0.25, 0.3) is 0 Å². The van der Waals surface area contributed by atoms with Gasteiger partial charge < -0.3 is 10.5 Å². The number of thiophene rings is 1. The topological polar surface area (TPSA) is 35.2 Å². The van der Waals surface area contributed by atoms with Crippen molar-refractivity contribution >= 4 is 23.7 Å². The van der Waals surface area contributed by atoms with Crippen LogP contribution in [0.1, 0.15) is 23.5 Å². The van der Waals surface area contributed by atoms with Gasteiger partial charge in [0.05, 0.1) is 12.7 Å². The van der Waals surface area contributed by atoms with E-state index in [2.05, 4.69) is 11.4 Å². The maximum Gasteiger partial charge on any atom is 0.0983 e. The Kier molecular flexibility index (Phi) is 3.74. The van der Waals surface area contributed by atoms with Gasteiger partial charge in [0.25, 0.3) is 0 Å². The summed E-state index contributed by atoms with van der Waals surface area (Å²) >= 11 is 1.81. The highest BCUT2D eigenvalue weighted by atomic mass is 35.5. The van der Waals surface area contributed by atoms with Crippen molar-refractivity contribution < 1.29 is 4.74 Å².